The lowest BCUT2D eigenvalue weighted by atomic mass is 10.1. The lowest BCUT2D eigenvalue weighted by Crippen LogP contribution is -2.36. The monoisotopic (exact) mass is 372 g/mol. The van der Waals surface area contributed by atoms with E-state index in [4.69, 9.17) is 9.72 Å². The molecule has 0 bridgehead atoms. The molecule has 0 radical (unpaired) electrons. The van der Waals surface area contributed by atoms with Gasteiger partial charge in [-0.15, -0.1) is 11.3 Å². The van der Waals surface area contributed by atoms with Crippen molar-refractivity contribution in [3.8, 4) is 0 Å². The van der Waals surface area contributed by atoms with Crippen LogP contribution >= 0.6 is 11.3 Å². The van der Waals surface area contributed by atoms with Gasteiger partial charge in [0.05, 0.1) is 23.4 Å². The van der Waals surface area contributed by atoms with E-state index in [9.17, 15) is 0 Å². The van der Waals surface area contributed by atoms with Gasteiger partial charge < -0.3 is 9.64 Å². The maximum atomic E-state index is 5.43. The normalized spacial score (nSPS) is 15.2. The average Bonchev–Trinajstić information content (AvgIpc) is 3.17. The Bertz CT molecular complexity index is 1110. The number of ether oxygens (including phenoxy) is 1. The quantitative estimate of drug-likeness (QED) is 0.478. The summed E-state index contributed by atoms with van der Waals surface area (Å²) in [5, 5.41) is 3.50. The summed E-state index contributed by atoms with van der Waals surface area (Å²) in [6.07, 6.45) is 4.26. The molecule has 1 fully saturated rings. The van der Waals surface area contributed by atoms with E-state index < -0.39 is 0 Å². The highest BCUT2D eigenvalue weighted by Crippen LogP contribution is 2.30. The van der Waals surface area contributed by atoms with Gasteiger partial charge in [0.15, 0.2) is 0 Å². The summed E-state index contributed by atoms with van der Waals surface area (Å²) >= 11 is 1.74. The summed E-state index contributed by atoms with van der Waals surface area (Å²) in [5.41, 5.74) is 3.55. The van der Waals surface area contributed by atoms with Gasteiger partial charge in [0.25, 0.3) is 0 Å². The molecule has 1 aliphatic heterocycles. The molecular weight excluding hydrogens is 352 g/mol. The molecule has 0 aliphatic carbocycles. The van der Waals surface area contributed by atoms with Crippen LogP contribution in [0.25, 0.3) is 33.1 Å². The van der Waals surface area contributed by atoms with Gasteiger partial charge in [0, 0.05) is 24.2 Å². The molecule has 134 valence electrons. The molecular formula is C23H20N2OS. The van der Waals surface area contributed by atoms with Gasteiger partial charge in [-0.3, -0.25) is 0 Å². The van der Waals surface area contributed by atoms with E-state index >= 15 is 0 Å². The minimum atomic E-state index is 0.813. The third-order valence-corrected chi connectivity index (χ3v) is 5.97. The topological polar surface area (TPSA) is 25.4 Å². The molecule has 5 rings (SSSR count). The molecule has 0 atom stereocenters. The first-order valence-electron chi connectivity index (χ1n) is 9.26. The Morgan fingerprint density at radius 3 is 2.56 bits per heavy atom. The standard InChI is InChI=1S/C23H20N2OS/c1-2-4-20-18(3-1)8-11-21-23(20)24-22(27-21)12-7-17-5-9-19(10-6-17)25-13-15-26-16-14-25/h1-12H,13-16H2. The summed E-state index contributed by atoms with van der Waals surface area (Å²) in [6.45, 7) is 3.56. The summed E-state index contributed by atoms with van der Waals surface area (Å²) in [5.74, 6) is 0. The Morgan fingerprint density at radius 1 is 0.889 bits per heavy atom. The fourth-order valence-corrected chi connectivity index (χ4v) is 4.42. The van der Waals surface area contributed by atoms with Crippen LogP contribution in [-0.4, -0.2) is 31.3 Å². The summed E-state index contributed by atoms with van der Waals surface area (Å²) in [6, 6.07) is 21.5. The highest BCUT2D eigenvalue weighted by molar-refractivity contribution is 7.19. The van der Waals surface area contributed by atoms with Crippen LogP contribution in [0.3, 0.4) is 0 Å². The molecule has 4 heteroatoms. The van der Waals surface area contributed by atoms with Crippen molar-refractivity contribution in [1.82, 2.24) is 4.98 Å². The molecule has 0 amide bonds. The van der Waals surface area contributed by atoms with Gasteiger partial charge in [-0.1, -0.05) is 48.5 Å². The number of morpholine rings is 1. The molecule has 0 unspecified atom stereocenters. The largest absolute Gasteiger partial charge is 0.378 e. The molecule has 3 nitrogen and oxygen atoms in total. The highest BCUT2D eigenvalue weighted by atomic mass is 32.1. The zero-order valence-corrected chi connectivity index (χ0v) is 15.8. The van der Waals surface area contributed by atoms with Crippen molar-refractivity contribution in [2.75, 3.05) is 31.2 Å². The minimum absolute atomic E-state index is 0.813. The second-order valence-corrected chi connectivity index (χ2v) is 7.77. The Balaban J connectivity index is 1.39. The first-order valence-corrected chi connectivity index (χ1v) is 10.1. The van der Waals surface area contributed by atoms with E-state index in [1.165, 1.54) is 26.7 Å². The van der Waals surface area contributed by atoms with Crippen molar-refractivity contribution in [2.45, 2.75) is 0 Å². The fourth-order valence-electron chi connectivity index (χ4n) is 3.54. The maximum absolute atomic E-state index is 5.43. The number of aromatic nitrogens is 1. The van der Waals surface area contributed by atoms with Crippen molar-refractivity contribution < 1.29 is 4.74 Å². The third kappa shape index (κ3) is 3.34. The number of hydrogen-bond donors (Lipinski definition) is 0. The van der Waals surface area contributed by atoms with Crippen LogP contribution in [-0.2, 0) is 4.74 Å². The Hall–Kier alpha value is -2.69. The summed E-state index contributed by atoms with van der Waals surface area (Å²) in [4.78, 5) is 7.23. The van der Waals surface area contributed by atoms with Crippen LogP contribution in [0, 0.1) is 0 Å². The lowest BCUT2D eigenvalue weighted by Gasteiger charge is -2.28. The number of rotatable bonds is 3. The number of benzene rings is 3. The van der Waals surface area contributed by atoms with Gasteiger partial charge in [0.2, 0.25) is 0 Å². The zero-order valence-electron chi connectivity index (χ0n) is 15.0. The van der Waals surface area contributed by atoms with Crippen LogP contribution in [0.5, 0.6) is 0 Å². The first-order chi connectivity index (χ1) is 13.4. The summed E-state index contributed by atoms with van der Waals surface area (Å²) in [7, 11) is 0. The smallest absolute Gasteiger partial charge is 0.117 e. The van der Waals surface area contributed by atoms with Gasteiger partial charge in [-0.05, 0) is 35.2 Å². The van der Waals surface area contributed by atoms with E-state index in [0.29, 0.717) is 0 Å². The predicted molar refractivity (Wildman–Crippen MR) is 116 cm³/mol. The van der Waals surface area contributed by atoms with Crippen LogP contribution in [0.2, 0.25) is 0 Å². The highest BCUT2D eigenvalue weighted by Gasteiger charge is 2.10. The van der Waals surface area contributed by atoms with Crippen molar-refractivity contribution in [3.63, 3.8) is 0 Å². The van der Waals surface area contributed by atoms with Crippen molar-refractivity contribution in [3.05, 3.63) is 71.2 Å². The van der Waals surface area contributed by atoms with Crippen molar-refractivity contribution in [1.29, 1.82) is 0 Å². The molecule has 1 aromatic heterocycles. The van der Waals surface area contributed by atoms with Gasteiger partial charge in [0.1, 0.15) is 5.01 Å². The molecule has 1 aliphatic rings. The summed E-state index contributed by atoms with van der Waals surface area (Å²) < 4.78 is 6.66. The molecule has 2 heterocycles. The third-order valence-electron chi connectivity index (χ3n) is 4.99. The molecule has 0 spiro atoms. The second kappa shape index (κ2) is 7.14. The van der Waals surface area contributed by atoms with Gasteiger partial charge in [-0.2, -0.15) is 0 Å². The predicted octanol–water partition coefficient (Wildman–Crippen LogP) is 5.46. The van der Waals surface area contributed by atoms with E-state index in [1.54, 1.807) is 11.3 Å². The fraction of sp³-hybridized carbons (Fsp3) is 0.174. The van der Waals surface area contributed by atoms with Gasteiger partial charge >= 0.3 is 0 Å². The van der Waals surface area contributed by atoms with Crippen LogP contribution in [0.4, 0.5) is 5.69 Å². The molecule has 0 N–H and O–H groups in total. The molecule has 0 saturated carbocycles. The molecule has 27 heavy (non-hydrogen) atoms. The lowest BCUT2D eigenvalue weighted by molar-refractivity contribution is 0.122. The van der Waals surface area contributed by atoms with Crippen LogP contribution in [0.1, 0.15) is 10.6 Å². The van der Waals surface area contributed by atoms with E-state index in [1.807, 2.05) is 0 Å². The number of thiazole rings is 1. The second-order valence-electron chi connectivity index (χ2n) is 6.71. The van der Waals surface area contributed by atoms with E-state index in [2.05, 4.69) is 77.7 Å². The van der Waals surface area contributed by atoms with Crippen molar-refractivity contribution >= 4 is 50.2 Å². The molecule has 4 aromatic rings. The maximum Gasteiger partial charge on any atom is 0.117 e. The Kier molecular flexibility index (Phi) is 4.36. The number of fused-ring (bicyclic) bond motifs is 3. The number of nitrogens with zero attached hydrogens (tertiary/aromatic N) is 2. The van der Waals surface area contributed by atoms with Crippen LogP contribution in [0.15, 0.2) is 60.7 Å². The first kappa shape index (κ1) is 16.5. The van der Waals surface area contributed by atoms with Crippen LogP contribution < -0.4 is 4.90 Å². The molecule has 3 aromatic carbocycles. The SMILES string of the molecule is C(=Cc1nc2c(ccc3ccccc32)s1)c1ccc(N2CCOCC2)cc1. The Morgan fingerprint density at radius 2 is 1.70 bits per heavy atom. The average molecular weight is 372 g/mol. The van der Waals surface area contributed by atoms with Crippen molar-refractivity contribution in [2.24, 2.45) is 0 Å². The minimum Gasteiger partial charge on any atom is -0.378 e. The van der Waals surface area contributed by atoms with E-state index in [-0.39, 0.29) is 0 Å². The zero-order chi connectivity index (χ0) is 18.1. The number of anilines is 1. The van der Waals surface area contributed by atoms with Gasteiger partial charge in [-0.25, -0.2) is 4.98 Å². The number of hydrogen-bond acceptors (Lipinski definition) is 4. The molecule has 1 saturated heterocycles. The Labute approximate surface area is 162 Å². The van der Waals surface area contributed by atoms with E-state index in [0.717, 1.165) is 36.8 Å².